The van der Waals surface area contributed by atoms with E-state index in [1.165, 1.54) is 5.56 Å². The molecule has 0 spiro atoms. The van der Waals surface area contributed by atoms with Crippen molar-refractivity contribution >= 4 is 0 Å². The van der Waals surface area contributed by atoms with Crippen molar-refractivity contribution in [3.05, 3.63) is 24.2 Å². The molecule has 2 heterocycles. The Morgan fingerprint density at radius 1 is 1.29 bits per heavy atom. The fourth-order valence-corrected chi connectivity index (χ4v) is 3.08. The lowest BCUT2D eigenvalue weighted by Gasteiger charge is -2.28. The molecule has 1 N–H and O–H groups in total. The molecule has 5 unspecified atom stereocenters. The molecule has 0 aliphatic carbocycles. The fraction of sp³-hybridized carbons (Fsp3) is 0.714. The van der Waals surface area contributed by atoms with Crippen LogP contribution in [0.25, 0.3) is 0 Å². The molecule has 17 heavy (non-hydrogen) atoms. The van der Waals surface area contributed by atoms with Crippen LogP contribution in [-0.2, 0) is 11.2 Å². The van der Waals surface area contributed by atoms with E-state index >= 15 is 0 Å². The zero-order valence-corrected chi connectivity index (χ0v) is 11.1. The molecule has 0 amide bonds. The maximum Gasteiger partial charge on any atom is 0.0935 e. The van der Waals surface area contributed by atoms with Crippen molar-refractivity contribution in [1.29, 1.82) is 0 Å². The van der Waals surface area contributed by atoms with Crippen LogP contribution in [0.2, 0.25) is 0 Å². The van der Waals surface area contributed by atoms with Crippen LogP contribution in [0.3, 0.4) is 0 Å². The lowest BCUT2D eigenvalue weighted by atomic mass is 9.81. The summed E-state index contributed by atoms with van der Waals surface area (Å²) in [7, 11) is 2.03. The van der Waals surface area contributed by atoms with Crippen LogP contribution >= 0.6 is 0 Å². The second kappa shape index (κ2) is 5.23. The van der Waals surface area contributed by atoms with Crippen molar-refractivity contribution in [3.63, 3.8) is 0 Å². The minimum absolute atomic E-state index is 0.323. The van der Waals surface area contributed by atoms with Crippen LogP contribution in [0.4, 0.5) is 0 Å². The van der Waals surface area contributed by atoms with Crippen molar-refractivity contribution in [2.75, 3.05) is 7.05 Å². The smallest absolute Gasteiger partial charge is 0.0935 e. The molecular formula is C14H23NO2. The number of ether oxygens (including phenoxy) is 1. The van der Waals surface area contributed by atoms with Gasteiger partial charge in [-0.2, -0.15) is 0 Å². The van der Waals surface area contributed by atoms with E-state index in [0.717, 1.165) is 6.42 Å². The first-order chi connectivity index (χ1) is 8.13. The lowest BCUT2D eigenvalue weighted by molar-refractivity contribution is 0.0479. The third-order valence-corrected chi connectivity index (χ3v) is 4.19. The van der Waals surface area contributed by atoms with Gasteiger partial charge in [0.25, 0.3) is 0 Å². The van der Waals surface area contributed by atoms with Gasteiger partial charge in [-0.1, -0.05) is 6.92 Å². The zero-order valence-electron chi connectivity index (χ0n) is 11.1. The highest BCUT2D eigenvalue weighted by Crippen LogP contribution is 2.35. The minimum Gasteiger partial charge on any atom is -0.472 e. The summed E-state index contributed by atoms with van der Waals surface area (Å²) in [6, 6.07) is 2.49. The Hall–Kier alpha value is -0.800. The first-order valence-corrected chi connectivity index (χ1v) is 6.47. The molecule has 1 aliphatic rings. The van der Waals surface area contributed by atoms with Crippen LogP contribution < -0.4 is 5.32 Å². The molecule has 3 nitrogen and oxygen atoms in total. The number of nitrogens with one attached hydrogen (secondary N) is 1. The summed E-state index contributed by atoms with van der Waals surface area (Å²) >= 11 is 0. The molecule has 1 aromatic rings. The van der Waals surface area contributed by atoms with Gasteiger partial charge in [-0.15, -0.1) is 0 Å². The van der Waals surface area contributed by atoms with Crippen molar-refractivity contribution in [3.8, 4) is 0 Å². The van der Waals surface area contributed by atoms with Gasteiger partial charge in [-0.05, 0) is 44.9 Å². The molecule has 1 saturated heterocycles. The highest BCUT2D eigenvalue weighted by Gasteiger charge is 2.41. The Bertz CT molecular complexity index is 336. The van der Waals surface area contributed by atoms with E-state index in [1.54, 1.807) is 6.26 Å². The maximum atomic E-state index is 5.92. The van der Waals surface area contributed by atoms with Gasteiger partial charge in [0.1, 0.15) is 0 Å². The summed E-state index contributed by atoms with van der Waals surface area (Å²) in [5, 5.41) is 3.44. The summed E-state index contributed by atoms with van der Waals surface area (Å²) in [6.45, 7) is 6.65. The average Bonchev–Trinajstić information content (AvgIpc) is 2.87. The maximum absolute atomic E-state index is 5.92. The standard InChI is InChI=1S/C14H23NO2/c1-9-10(2)17-11(3)14(9)13(15-4)7-12-5-6-16-8-12/h5-6,8-11,13-15H,7H2,1-4H3. The van der Waals surface area contributed by atoms with Crippen molar-refractivity contribution in [2.24, 2.45) is 11.8 Å². The first-order valence-electron chi connectivity index (χ1n) is 6.47. The second-order valence-corrected chi connectivity index (χ2v) is 5.21. The summed E-state index contributed by atoms with van der Waals surface area (Å²) in [5.41, 5.74) is 1.25. The van der Waals surface area contributed by atoms with Crippen molar-refractivity contribution in [1.82, 2.24) is 5.32 Å². The van der Waals surface area contributed by atoms with E-state index in [2.05, 4.69) is 26.1 Å². The fourth-order valence-electron chi connectivity index (χ4n) is 3.08. The average molecular weight is 237 g/mol. The van der Waals surface area contributed by atoms with Crippen LogP contribution in [0.15, 0.2) is 23.0 Å². The van der Waals surface area contributed by atoms with E-state index in [0.29, 0.717) is 30.1 Å². The topological polar surface area (TPSA) is 34.4 Å². The predicted octanol–water partition coefficient (Wildman–Crippen LogP) is 2.47. The third-order valence-electron chi connectivity index (χ3n) is 4.19. The first kappa shape index (κ1) is 12.7. The molecule has 0 bridgehead atoms. The van der Waals surface area contributed by atoms with Crippen LogP contribution in [0, 0.1) is 11.8 Å². The van der Waals surface area contributed by atoms with Gasteiger partial charge < -0.3 is 14.5 Å². The quantitative estimate of drug-likeness (QED) is 0.873. The van der Waals surface area contributed by atoms with Gasteiger partial charge in [-0.3, -0.25) is 0 Å². The number of likely N-dealkylation sites (N-methyl/N-ethyl adjacent to an activating group) is 1. The lowest BCUT2D eigenvalue weighted by Crippen LogP contribution is -2.41. The summed E-state index contributed by atoms with van der Waals surface area (Å²) < 4.78 is 11.1. The molecule has 5 atom stereocenters. The number of furan rings is 1. The SMILES string of the molecule is CNC(Cc1ccoc1)C1C(C)OC(C)C1C. The Morgan fingerprint density at radius 3 is 2.53 bits per heavy atom. The molecule has 2 rings (SSSR count). The molecule has 1 fully saturated rings. The molecule has 0 aromatic carbocycles. The van der Waals surface area contributed by atoms with E-state index < -0.39 is 0 Å². The summed E-state index contributed by atoms with van der Waals surface area (Å²) in [5.74, 6) is 1.15. The Labute approximate surface area is 104 Å². The summed E-state index contributed by atoms with van der Waals surface area (Å²) in [6.07, 6.45) is 5.25. The van der Waals surface area contributed by atoms with Crippen LogP contribution in [0.1, 0.15) is 26.3 Å². The van der Waals surface area contributed by atoms with E-state index in [1.807, 2.05) is 19.4 Å². The zero-order chi connectivity index (χ0) is 12.4. The largest absolute Gasteiger partial charge is 0.472 e. The molecular weight excluding hydrogens is 214 g/mol. The number of hydrogen-bond donors (Lipinski definition) is 1. The van der Waals surface area contributed by atoms with Gasteiger partial charge in [0.15, 0.2) is 0 Å². The highest BCUT2D eigenvalue weighted by molar-refractivity contribution is 5.09. The highest BCUT2D eigenvalue weighted by atomic mass is 16.5. The van der Waals surface area contributed by atoms with Crippen LogP contribution in [0.5, 0.6) is 0 Å². The minimum atomic E-state index is 0.323. The number of rotatable bonds is 4. The molecule has 1 aromatic heterocycles. The van der Waals surface area contributed by atoms with E-state index in [9.17, 15) is 0 Å². The monoisotopic (exact) mass is 237 g/mol. The molecule has 0 radical (unpaired) electrons. The van der Waals surface area contributed by atoms with E-state index in [-0.39, 0.29) is 0 Å². The van der Waals surface area contributed by atoms with Gasteiger partial charge in [-0.25, -0.2) is 0 Å². The Morgan fingerprint density at radius 2 is 2.06 bits per heavy atom. The van der Waals surface area contributed by atoms with Crippen molar-refractivity contribution in [2.45, 2.75) is 45.4 Å². The van der Waals surface area contributed by atoms with Crippen molar-refractivity contribution < 1.29 is 9.15 Å². The number of hydrogen-bond acceptors (Lipinski definition) is 3. The van der Waals surface area contributed by atoms with Gasteiger partial charge >= 0.3 is 0 Å². The Kier molecular flexibility index (Phi) is 3.89. The van der Waals surface area contributed by atoms with Gasteiger partial charge in [0, 0.05) is 12.0 Å². The van der Waals surface area contributed by atoms with Crippen LogP contribution in [-0.4, -0.2) is 25.3 Å². The third kappa shape index (κ3) is 2.55. The predicted molar refractivity (Wildman–Crippen MR) is 67.9 cm³/mol. The normalized spacial score (nSPS) is 35.1. The summed E-state index contributed by atoms with van der Waals surface area (Å²) in [4.78, 5) is 0. The molecule has 96 valence electrons. The molecule has 0 saturated carbocycles. The molecule has 3 heteroatoms. The Balaban J connectivity index is 2.07. The van der Waals surface area contributed by atoms with E-state index in [4.69, 9.17) is 9.15 Å². The molecule has 1 aliphatic heterocycles. The van der Waals surface area contributed by atoms with Gasteiger partial charge in [0.2, 0.25) is 0 Å². The van der Waals surface area contributed by atoms with Gasteiger partial charge in [0.05, 0.1) is 24.7 Å². The second-order valence-electron chi connectivity index (χ2n) is 5.21.